The molecular formula is C11H8ClNO2. The SMILES string of the molecule is O=CCc1coc(-c2cccc(Cl)c2)n1. The van der Waals surface area contributed by atoms with Crippen LogP contribution < -0.4 is 0 Å². The Morgan fingerprint density at radius 1 is 1.47 bits per heavy atom. The topological polar surface area (TPSA) is 43.1 Å². The minimum atomic E-state index is 0.268. The van der Waals surface area contributed by atoms with E-state index in [1.807, 2.05) is 12.1 Å². The van der Waals surface area contributed by atoms with Crippen molar-refractivity contribution in [2.45, 2.75) is 6.42 Å². The second kappa shape index (κ2) is 4.28. The summed E-state index contributed by atoms with van der Waals surface area (Å²) in [6.07, 6.45) is 2.54. The van der Waals surface area contributed by atoms with Gasteiger partial charge in [-0.15, -0.1) is 0 Å². The molecule has 0 radical (unpaired) electrons. The molecule has 2 aromatic rings. The standard InChI is InChI=1S/C11H8ClNO2/c12-9-3-1-2-8(6-9)11-13-10(4-5-14)7-15-11/h1-3,5-7H,4H2. The van der Waals surface area contributed by atoms with Crippen LogP contribution >= 0.6 is 11.6 Å². The number of nitrogens with zero attached hydrogens (tertiary/aromatic N) is 1. The summed E-state index contributed by atoms with van der Waals surface area (Å²) in [5, 5.41) is 0.627. The van der Waals surface area contributed by atoms with E-state index < -0.39 is 0 Å². The van der Waals surface area contributed by atoms with E-state index in [1.54, 1.807) is 12.1 Å². The molecule has 3 nitrogen and oxygen atoms in total. The minimum absolute atomic E-state index is 0.268. The normalized spacial score (nSPS) is 10.2. The highest BCUT2D eigenvalue weighted by Gasteiger charge is 2.06. The average molecular weight is 222 g/mol. The lowest BCUT2D eigenvalue weighted by molar-refractivity contribution is -0.107. The van der Waals surface area contributed by atoms with Crippen molar-refractivity contribution in [1.29, 1.82) is 0 Å². The van der Waals surface area contributed by atoms with Gasteiger partial charge in [-0.2, -0.15) is 0 Å². The third kappa shape index (κ3) is 2.25. The highest BCUT2D eigenvalue weighted by molar-refractivity contribution is 6.30. The van der Waals surface area contributed by atoms with Crippen LogP contribution in [0.2, 0.25) is 5.02 Å². The minimum Gasteiger partial charge on any atom is -0.444 e. The van der Waals surface area contributed by atoms with Crippen LogP contribution in [0.25, 0.3) is 11.5 Å². The maximum absolute atomic E-state index is 10.3. The highest BCUT2D eigenvalue weighted by Crippen LogP contribution is 2.21. The summed E-state index contributed by atoms with van der Waals surface area (Å²) in [5.74, 6) is 0.481. The van der Waals surface area contributed by atoms with Crippen LogP contribution in [0.1, 0.15) is 5.69 Å². The van der Waals surface area contributed by atoms with Gasteiger partial charge in [0.25, 0.3) is 0 Å². The molecule has 0 N–H and O–H groups in total. The summed E-state index contributed by atoms with van der Waals surface area (Å²) >= 11 is 5.84. The molecule has 0 aliphatic carbocycles. The molecule has 1 heterocycles. The average Bonchev–Trinajstić information content (AvgIpc) is 2.67. The van der Waals surface area contributed by atoms with Crippen molar-refractivity contribution in [1.82, 2.24) is 4.98 Å². The number of aldehydes is 1. The van der Waals surface area contributed by atoms with Gasteiger partial charge in [-0.05, 0) is 18.2 Å². The molecule has 0 aliphatic heterocycles. The van der Waals surface area contributed by atoms with Crippen molar-refractivity contribution >= 4 is 17.9 Å². The maximum Gasteiger partial charge on any atom is 0.226 e. The Morgan fingerprint density at radius 2 is 2.33 bits per heavy atom. The van der Waals surface area contributed by atoms with Gasteiger partial charge in [0.05, 0.1) is 5.69 Å². The van der Waals surface area contributed by atoms with Gasteiger partial charge < -0.3 is 9.21 Å². The van der Waals surface area contributed by atoms with Crippen molar-refractivity contribution in [3.05, 3.63) is 41.2 Å². The van der Waals surface area contributed by atoms with Gasteiger partial charge in [0.2, 0.25) is 5.89 Å². The zero-order valence-electron chi connectivity index (χ0n) is 7.81. The predicted octanol–water partition coefficient (Wildman–Crippen LogP) is 2.74. The van der Waals surface area contributed by atoms with E-state index in [0.717, 1.165) is 11.8 Å². The summed E-state index contributed by atoms with van der Waals surface area (Å²) in [6, 6.07) is 7.21. The molecule has 0 saturated carbocycles. The Hall–Kier alpha value is -1.61. The smallest absolute Gasteiger partial charge is 0.226 e. The molecular weight excluding hydrogens is 214 g/mol. The third-order valence-electron chi connectivity index (χ3n) is 1.92. The quantitative estimate of drug-likeness (QED) is 0.749. The maximum atomic E-state index is 10.3. The molecule has 0 spiro atoms. The van der Waals surface area contributed by atoms with Gasteiger partial charge in [-0.3, -0.25) is 0 Å². The molecule has 0 aliphatic rings. The highest BCUT2D eigenvalue weighted by atomic mass is 35.5. The fraction of sp³-hybridized carbons (Fsp3) is 0.0909. The van der Waals surface area contributed by atoms with Gasteiger partial charge in [0, 0.05) is 17.0 Å². The van der Waals surface area contributed by atoms with E-state index in [2.05, 4.69) is 4.98 Å². The molecule has 4 heteroatoms. The number of hydrogen-bond donors (Lipinski definition) is 0. The molecule has 2 rings (SSSR count). The molecule has 1 aromatic carbocycles. The molecule has 0 unspecified atom stereocenters. The number of benzene rings is 1. The molecule has 15 heavy (non-hydrogen) atoms. The Kier molecular flexibility index (Phi) is 2.83. The van der Waals surface area contributed by atoms with Crippen LogP contribution in [-0.4, -0.2) is 11.3 Å². The van der Waals surface area contributed by atoms with E-state index >= 15 is 0 Å². The number of halogens is 1. The number of carbonyl (C=O) groups is 1. The summed E-state index contributed by atoms with van der Waals surface area (Å²) in [4.78, 5) is 14.4. The van der Waals surface area contributed by atoms with E-state index in [0.29, 0.717) is 16.6 Å². The molecule has 0 bridgehead atoms. The van der Waals surface area contributed by atoms with Crippen molar-refractivity contribution in [3.63, 3.8) is 0 Å². The zero-order valence-corrected chi connectivity index (χ0v) is 8.57. The fourth-order valence-corrected chi connectivity index (χ4v) is 1.43. The molecule has 0 saturated heterocycles. The monoisotopic (exact) mass is 221 g/mol. The largest absolute Gasteiger partial charge is 0.444 e. The first-order valence-corrected chi connectivity index (χ1v) is 4.81. The second-order valence-electron chi connectivity index (χ2n) is 3.03. The molecule has 0 amide bonds. The first-order valence-electron chi connectivity index (χ1n) is 4.43. The molecule has 0 atom stereocenters. The van der Waals surface area contributed by atoms with E-state index in [1.165, 1.54) is 6.26 Å². The second-order valence-corrected chi connectivity index (χ2v) is 3.46. The first-order chi connectivity index (χ1) is 7.29. The lowest BCUT2D eigenvalue weighted by Crippen LogP contribution is -1.85. The van der Waals surface area contributed by atoms with E-state index in [9.17, 15) is 4.79 Å². The first kappa shape index (κ1) is 9.93. The third-order valence-corrected chi connectivity index (χ3v) is 2.15. The Bertz CT molecular complexity index is 479. The molecule has 0 fully saturated rings. The predicted molar refractivity (Wildman–Crippen MR) is 56.7 cm³/mol. The van der Waals surface area contributed by atoms with E-state index in [-0.39, 0.29) is 6.42 Å². The lowest BCUT2D eigenvalue weighted by Gasteiger charge is -1.94. The van der Waals surface area contributed by atoms with Crippen molar-refractivity contribution < 1.29 is 9.21 Å². The number of carbonyl (C=O) groups excluding carboxylic acids is 1. The summed E-state index contributed by atoms with van der Waals surface area (Å²) in [7, 11) is 0. The zero-order chi connectivity index (χ0) is 10.7. The number of hydrogen-bond acceptors (Lipinski definition) is 3. The van der Waals surface area contributed by atoms with Crippen LogP contribution in [0.5, 0.6) is 0 Å². The van der Waals surface area contributed by atoms with Gasteiger partial charge in [0.15, 0.2) is 0 Å². The number of rotatable bonds is 3. The summed E-state index contributed by atoms with van der Waals surface area (Å²) in [5.41, 5.74) is 1.43. The lowest BCUT2D eigenvalue weighted by atomic mass is 10.2. The van der Waals surface area contributed by atoms with Crippen molar-refractivity contribution in [2.24, 2.45) is 0 Å². The van der Waals surface area contributed by atoms with Gasteiger partial charge >= 0.3 is 0 Å². The number of aromatic nitrogens is 1. The fourth-order valence-electron chi connectivity index (χ4n) is 1.24. The van der Waals surface area contributed by atoms with Crippen molar-refractivity contribution in [2.75, 3.05) is 0 Å². The van der Waals surface area contributed by atoms with E-state index in [4.69, 9.17) is 16.0 Å². The summed E-state index contributed by atoms with van der Waals surface area (Å²) < 4.78 is 5.23. The molecule has 76 valence electrons. The van der Waals surface area contributed by atoms with Gasteiger partial charge in [-0.25, -0.2) is 4.98 Å². The Labute approximate surface area is 91.7 Å². The number of oxazole rings is 1. The van der Waals surface area contributed by atoms with Gasteiger partial charge in [-0.1, -0.05) is 17.7 Å². The summed E-state index contributed by atoms with van der Waals surface area (Å²) in [6.45, 7) is 0. The van der Waals surface area contributed by atoms with Crippen LogP contribution in [-0.2, 0) is 11.2 Å². The van der Waals surface area contributed by atoms with Crippen LogP contribution in [0, 0.1) is 0 Å². The van der Waals surface area contributed by atoms with Gasteiger partial charge in [0.1, 0.15) is 12.5 Å². The Balaban J connectivity index is 2.32. The van der Waals surface area contributed by atoms with Crippen LogP contribution in [0.4, 0.5) is 0 Å². The molecule has 1 aromatic heterocycles. The Morgan fingerprint density at radius 3 is 3.07 bits per heavy atom. The van der Waals surface area contributed by atoms with Crippen molar-refractivity contribution in [3.8, 4) is 11.5 Å². The van der Waals surface area contributed by atoms with Crippen LogP contribution in [0.15, 0.2) is 34.9 Å². The van der Waals surface area contributed by atoms with Crippen LogP contribution in [0.3, 0.4) is 0 Å².